The fraction of sp³-hybridized carbons (Fsp3) is 0.773. The maximum atomic E-state index is 12.1. The van der Waals surface area contributed by atoms with Crippen molar-refractivity contribution in [2.75, 3.05) is 33.0 Å². The van der Waals surface area contributed by atoms with Gasteiger partial charge >= 0.3 is 5.97 Å². The molecule has 0 amide bonds. The molecule has 1 rings (SSSR count). The van der Waals surface area contributed by atoms with Gasteiger partial charge in [-0.25, -0.2) is 4.79 Å². The normalized spacial score (nSPS) is 25.0. The molecule has 7 nitrogen and oxygen atoms in total. The lowest BCUT2D eigenvalue weighted by atomic mass is 9.74. The van der Waals surface area contributed by atoms with Crippen molar-refractivity contribution in [3.8, 4) is 0 Å². The second-order valence-electron chi connectivity index (χ2n) is 6.51. The third-order valence-corrected chi connectivity index (χ3v) is 4.78. The van der Waals surface area contributed by atoms with Crippen LogP contribution in [0.4, 0.5) is 0 Å². The van der Waals surface area contributed by atoms with Crippen LogP contribution in [0.25, 0.3) is 0 Å². The van der Waals surface area contributed by atoms with Crippen LogP contribution < -0.4 is 0 Å². The third kappa shape index (κ3) is 4.75. The van der Waals surface area contributed by atoms with Gasteiger partial charge in [0, 0.05) is 39.1 Å². The van der Waals surface area contributed by atoms with Crippen molar-refractivity contribution in [3.05, 3.63) is 24.8 Å². The van der Waals surface area contributed by atoms with E-state index < -0.39 is 29.2 Å². The molecule has 29 heavy (non-hydrogen) atoms. The average Bonchev–Trinajstić information content (AvgIpc) is 2.69. The number of hydrogen-bond acceptors (Lipinski definition) is 7. The molecular formula is C22H38O7. The largest absolute Gasteiger partial charge is 0.449 e. The lowest BCUT2D eigenvalue weighted by Crippen LogP contribution is -2.78. The van der Waals surface area contributed by atoms with E-state index in [1.807, 2.05) is 40.7 Å². The van der Waals surface area contributed by atoms with E-state index in [0.29, 0.717) is 26.2 Å². The molecule has 0 saturated carbocycles. The molecule has 0 heterocycles. The van der Waals surface area contributed by atoms with Gasteiger partial charge in [-0.3, -0.25) is 0 Å². The van der Waals surface area contributed by atoms with Crippen LogP contribution in [0.5, 0.6) is 0 Å². The Morgan fingerprint density at radius 1 is 0.897 bits per heavy atom. The van der Waals surface area contributed by atoms with Gasteiger partial charge in [0.2, 0.25) is 0 Å². The lowest BCUT2D eigenvalue weighted by Gasteiger charge is -2.59. The maximum Gasteiger partial charge on any atom is 0.330 e. The minimum Gasteiger partial charge on any atom is -0.449 e. The molecule has 1 aliphatic rings. The predicted octanol–water partition coefficient (Wildman–Crippen LogP) is 3.77. The average molecular weight is 415 g/mol. The van der Waals surface area contributed by atoms with Crippen LogP contribution in [0, 0.1) is 0 Å². The first kappa shape index (κ1) is 25.8. The highest BCUT2D eigenvalue weighted by Crippen LogP contribution is 2.52. The molecule has 0 spiro atoms. The van der Waals surface area contributed by atoms with Crippen molar-refractivity contribution < 1.29 is 33.2 Å². The van der Waals surface area contributed by atoms with Crippen LogP contribution >= 0.6 is 0 Å². The minimum absolute atomic E-state index is 0.284. The van der Waals surface area contributed by atoms with E-state index in [2.05, 4.69) is 13.5 Å². The molecule has 7 heteroatoms. The quantitative estimate of drug-likeness (QED) is 0.185. The van der Waals surface area contributed by atoms with Crippen molar-refractivity contribution in [1.29, 1.82) is 0 Å². The molecule has 0 aliphatic heterocycles. The summed E-state index contributed by atoms with van der Waals surface area (Å²) < 4.78 is 37.1. The van der Waals surface area contributed by atoms with Gasteiger partial charge < -0.3 is 28.4 Å². The van der Waals surface area contributed by atoms with Crippen molar-refractivity contribution in [1.82, 2.24) is 0 Å². The summed E-state index contributed by atoms with van der Waals surface area (Å²) in [5, 5.41) is 0. The molecule has 0 radical (unpaired) electrons. The standard InChI is InChI=1S/C22H38O7/c1-8-16-20(24-10-3)17-15-18(29-19(23)9-2)21(25-11-4,26-12-5)22(20,27-13-6)28-14-7/h9,15,17-18H,2,8,10-14,16H2,1,3-7H3. The Kier molecular flexibility index (Phi) is 10.5. The number of ether oxygens (including phenoxy) is 6. The molecule has 168 valence electrons. The van der Waals surface area contributed by atoms with E-state index in [9.17, 15) is 4.79 Å². The molecule has 0 aromatic heterocycles. The fourth-order valence-electron chi connectivity index (χ4n) is 4.06. The monoisotopic (exact) mass is 414 g/mol. The zero-order chi connectivity index (χ0) is 22.0. The van der Waals surface area contributed by atoms with Crippen LogP contribution in [0.2, 0.25) is 0 Å². The van der Waals surface area contributed by atoms with E-state index in [1.165, 1.54) is 0 Å². The fourth-order valence-corrected chi connectivity index (χ4v) is 4.06. The molecule has 2 atom stereocenters. The van der Waals surface area contributed by atoms with Crippen LogP contribution in [0.3, 0.4) is 0 Å². The van der Waals surface area contributed by atoms with E-state index in [0.717, 1.165) is 12.5 Å². The van der Waals surface area contributed by atoms with Gasteiger partial charge in [0.15, 0.2) is 6.10 Å². The van der Waals surface area contributed by atoms with Crippen molar-refractivity contribution in [2.45, 2.75) is 77.7 Å². The zero-order valence-corrected chi connectivity index (χ0v) is 18.8. The second kappa shape index (κ2) is 11.8. The highest BCUT2D eigenvalue weighted by atomic mass is 16.8. The Morgan fingerprint density at radius 2 is 1.41 bits per heavy atom. The smallest absolute Gasteiger partial charge is 0.330 e. The van der Waals surface area contributed by atoms with Crippen molar-refractivity contribution in [2.24, 2.45) is 0 Å². The number of hydrogen-bond donors (Lipinski definition) is 0. The lowest BCUT2D eigenvalue weighted by molar-refractivity contribution is -0.464. The zero-order valence-electron chi connectivity index (χ0n) is 18.8. The molecule has 1 aliphatic carbocycles. The van der Waals surface area contributed by atoms with Gasteiger partial charge in [-0.05, 0) is 53.2 Å². The summed E-state index contributed by atoms with van der Waals surface area (Å²) >= 11 is 0. The summed E-state index contributed by atoms with van der Waals surface area (Å²) in [6.45, 7) is 16.5. The molecule has 0 aromatic carbocycles. The Balaban J connectivity index is 3.87. The van der Waals surface area contributed by atoms with E-state index in [-0.39, 0.29) is 13.2 Å². The maximum absolute atomic E-state index is 12.1. The summed E-state index contributed by atoms with van der Waals surface area (Å²) in [6.07, 6.45) is 5.20. The molecule has 0 saturated heterocycles. The van der Waals surface area contributed by atoms with Gasteiger partial charge in [0.05, 0.1) is 0 Å². The van der Waals surface area contributed by atoms with Gasteiger partial charge in [-0.1, -0.05) is 19.9 Å². The molecule has 0 bridgehead atoms. The van der Waals surface area contributed by atoms with Crippen LogP contribution in [0.15, 0.2) is 24.8 Å². The van der Waals surface area contributed by atoms with Crippen molar-refractivity contribution >= 4 is 5.97 Å². The van der Waals surface area contributed by atoms with Gasteiger partial charge in [0.25, 0.3) is 11.6 Å². The highest BCUT2D eigenvalue weighted by molar-refractivity contribution is 5.81. The molecular weight excluding hydrogens is 376 g/mol. The van der Waals surface area contributed by atoms with Crippen LogP contribution in [0.1, 0.15) is 54.4 Å². The van der Waals surface area contributed by atoms with Gasteiger partial charge in [-0.2, -0.15) is 0 Å². The summed E-state index contributed by atoms with van der Waals surface area (Å²) in [6, 6.07) is 0. The van der Waals surface area contributed by atoms with Crippen LogP contribution in [-0.4, -0.2) is 62.3 Å². The van der Waals surface area contributed by atoms with Gasteiger partial charge in [0.1, 0.15) is 5.60 Å². The van der Waals surface area contributed by atoms with Gasteiger partial charge in [-0.15, -0.1) is 0 Å². The summed E-state index contributed by atoms with van der Waals surface area (Å²) in [5.74, 6) is -3.66. The topological polar surface area (TPSA) is 72.5 Å². The molecule has 0 fully saturated rings. The number of carbonyl (C=O) groups excluding carboxylic acids is 1. The second-order valence-corrected chi connectivity index (χ2v) is 6.51. The Morgan fingerprint density at radius 3 is 1.83 bits per heavy atom. The Labute approximate surface area is 175 Å². The van der Waals surface area contributed by atoms with E-state index in [1.54, 1.807) is 6.08 Å². The third-order valence-electron chi connectivity index (χ3n) is 4.78. The highest BCUT2D eigenvalue weighted by Gasteiger charge is 2.73. The molecule has 0 aromatic rings. The number of rotatable bonds is 14. The minimum atomic E-state index is -1.57. The van der Waals surface area contributed by atoms with E-state index in [4.69, 9.17) is 28.4 Å². The SMILES string of the molecule is C=CC(=O)OC1C=CC(CCC)(OCC)C(OCC)(OCC)C1(OCC)OCC. The summed E-state index contributed by atoms with van der Waals surface area (Å²) in [4.78, 5) is 12.1. The first-order valence-corrected chi connectivity index (χ1v) is 10.6. The summed E-state index contributed by atoms with van der Waals surface area (Å²) in [5.41, 5.74) is -0.996. The number of esters is 1. The van der Waals surface area contributed by atoms with E-state index >= 15 is 0 Å². The Hall–Kier alpha value is -1.25. The van der Waals surface area contributed by atoms with Crippen molar-refractivity contribution in [3.63, 3.8) is 0 Å². The first-order valence-electron chi connectivity index (χ1n) is 10.6. The van der Waals surface area contributed by atoms with Crippen LogP contribution in [-0.2, 0) is 33.2 Å². The molecule has 2 unspecified atom stereocenters. The Bertz CT molecular complexity index is 525. The molecule has 0 N–H and O–H groups in total. The predicted molar refractivity (Wildman–Crippen MR) is 110 cm³/mol. The summed E-state index contributed by atoms with van der Waals surface area (Å²) in [7, 11) is 0. The first-order chi connectivity index (χ1) is 13.9. The number of carbonyl (C=O) groups is 1.